The van der Waals surface area contributed by atoms with Gasteiger partial charge < -0.3 is 15.2 Å². The Hall–Kier alpha value is -4.15. The van der Waals surface area contributed by atoms with Gasteiger partial charge in [0.15, 0.2) is 0 Å². The number of alkyl halides is 1. The first-order valence-corrected chi connectivity index (χ1v) is 13.3. The van der Waals surface area contributed by atoms with Crippen LogP contribution in [0, 0.1) is 0 Å². The molecule has 0 radical (unpaired) electrons. The molecule has 4 aromatic rings. The maximum absolute atomic E-state index is 13.3. The molecule has 5 rings (SSSR count). The van der Waals surface area contributed by atoms with Crippen molar-refractivity contribution in [2.24, 2.45) is 0 Å². The standard InChI is InChI=1S/C26H21ClN4O5S/c27-15-24(32)28-20-8-6-18(7-9-20)25(33)30-13-12-19-14-21(10-11-23(19)30)37(35,36)31-16-22(29-26(31)34)17-4-2-1-3-5-17/h1-11,14,16H,12-13,15H2,(H,28,32)(H,29,34). The zero-order chi connectivity index (χ0) is 26.2. The Balaban J connectivity index is 1.39. The lowest BCUT2D eigenvalue weighted by molar-refractivity contribution is -0.113. The fourth-order valence-electron chi connectivity index (χ4n) is 4.23. The zero-order valence-electron chi connectivity index (χ0n) is 19.3. The van der Waals surface area contributed by atoms with Gasteiger partial charge in [-0.05, 0) is 60.0 Å². The van der Waals surface area contributed by atoms with Crippen LogP contribution in [0.5, 0.6) is 0 Å². The predicted octanol–water partition coefficient (Wildman–Crippen LogP) is 3.46. The quantitative estimate of drug-likeness (QED) is 0.365. The highest BCUT2D eigenvalue weighted by Crippen LogP contribution is 2.32. The minimum atomic E-state index is -4.16. The normalized spacial score (nSPS) is 12.8. The van der Waals surface area contributed by atoms with E-state index in [9.17, 15) is 22.8 Å². The van der Waals surface area contributed by atoms with Gasteiger partial charge in [0.2, 0.25) is 5.91 Å². The Morgan fingerprint density at radius 3 is 2.43 bits per heavy atom. The smallest absolute Gasteiger partial charge is 0.325 e. The second-order valence-electron chi connectivity index (χ2n) is 8.40. The van der Waals surface area contributed by atoms with E-state index < -0.39 is 15.7 Å². The highest BCUT2D eigenvalue weighted by Gasteiger charge is 2.29. The molecule has 0 fully saturated rings. The van der Waals surface area contributed by atoms with Crippen LogP contribution in [0.15, 0.2) is 88.7 Å². The summed E-state index contributed by atoms with van der Waals surface area (Å²) in [7, 11) is -4.16. The number of halogens is 1. The number of carbonyl (C=O) groups excluding carboxylic acids is 2. The van der Waals surface area contributed by atoms with E-state index in [1.807, 2.05) is 6.07 Å². The highest BCUT2D eigenvalue weighted by molar-refractivity contribution is 7.90. The Morgan fingerprint density at radius 2 is 1.73 bits per heavy atom. The van der Waals surface area contributed by atoms with Crippen LogP contribution in [0.1, 0.15) is 15.9 Å². The van der Waals surface area contributed by atoms with Gasteiger partial charge in [-0.25, -0.2) is 13.2 Å². The number of aromatic nitrogens is 2. The number of hydrogen-bond acceptors (Lipinski definition) is 5. The van der Waals surface area contributed by atoms with Crippen molar-refractivity contribution >= 4 is 44.8 Å². The first-order valence-electron chi connectivity index (χ1n) is 11.3. The van der Waals surface area contributed by atoms with Crippen LogP contribution >= 0.6 is 11.6 Å². The Kier molecular flexibility index (Phi) is 6.45. The molecule has 0 saturated heterocycles. The molecular formula is C26H21ClN4O5S. The second-order valence-corrected chi connectivity index (χ2v) is 10.5. The third-order valence-electron chi connectivity index (χ3n) is 6.06. The summed E-state index contributed by atoms with van der Waals surface area (Å²) in [5.74, 6) is -0.771. The van der Waals surface area contributed by atoms with Crippen molar-refractivity contribution in [2.45, 2.75) is 11.3 Å². The molecular weight excluding hydrogens is 516 g/mol. The molecule has 2 amide bonds. The van der Waals surface area contributed by atoms with Crippen LogP contribution in [0.25, 0.3) is 11.3 Å². The van der Waals surface area contributed by atoms with E-state index in [2.05, 4.69) is 10.3 Å². The van der Waals surface area contributed by atoms with Crippen LogP contribution in [0.3, 0.4) is 0 Å². The molecule has 11 heteroatoms. The summed E-state index contributed by atoms with van der Waals surface area (Å²) >= 11 is 5.50. The van der Waals surface area contributed by atoms with Crippen LogP contribution in [0.4, 0.5) is 11.4 Å². The van der Waals surface area contributed by atoms with E-state index in [0.29, 0.717) is 50.7 Å². The summed E-state index contributed by atoms with van der Waals surface area (Å²) in [6, 6.07) is 19.9. The fourth-order valence-corrected chi connectivity index (χ4v) is 5.56. The van der Waals surface area contributed by atoms with Crippen molar-refractivity contribution in [3.8, 4) is 11.3 Å². The molecule has 2 N–H and O–H groups in total. The summed E-state index contributed by atoms with van der Waals surface area (Å²) in [5, 5.41) is 2.61. The van der Waals surface area contributed by atoms with Gasteiger partial charge in [0.1, 0.15) is 5.88 Å². The molecule has 1 aliphatic rings. The van der Waals surface area contributed by atoms with Gasteiger partial charge in [0.05, 0.1) is 16.8 Å². The first kappa shape index (κ1) is 24.5. The number of imidazole rings is 1. The molecule has 3 aromatic carbocycles. The number of carbonyl (C=O) groups is 2. The average molecular weight is 537 g/mol. The molecule has 0 aliphatic carbocycles. The SMILES string of the molecule is O=C(CCl)Nc1ccc(C(=O)N2CCc3cc(S(=O)(=O)n4cc(-c5ccccc5)[nH]c4=O)ccc32)cc1. The van der Waals surface area contributed by atoms with Gasteiger partial charge in [0.25, 0.3) is 15.9 Å². The monoisotopic (exact) mass is 536 g/mol. The number of fused-ring (bicyclic) bond motifs is 1. The minimum Gasteiger partial charge on any atom is -0.325 e. The lowest BCUT2D eigenvalue weighted by Crippen LogP contribution is -2.29. The third kappa shape index (κ3) is 4.68. The van der Waals surface area contributed by atoms with Crippen molar-refractivity contribution in [3.05, 3.63) is 101 Å². The number of hydrogen-bond donors (Lipinski definition) is 2. The molecule has 1 aliphatic heterocycles. The number of amides is 2. The van der Waals surface area contributed by atoms with Gasteiger partial charge in [-0.3, -0.25) is 9.59 Å². The maximum Gasteiger partial charge on any atom is 0.340 e. The summed E-state index contributed by atoms with van der Waals surface area (Å²) in [4.78, 5) is 41.2. The van der Waals surface area contributed by atoms with Crippen molar-refractivity contribution in [1.82, 2.24) is 8.96 Å². The lowest BCUT2D eigenvalue weighted by atomic mass is 10.1. The number of benzene rings is 3. The van der Waals surface area contributed by atoms with Crippen LogP contribution in [-0.2, 0) is 21.2 Å². The number of nitrogens with one attached hydrogen (secondary N) is 2. The number of aromatic amines is 1. The Bertz CT molecular complexity index is 1660. The van der Waals surface area contributed by atoms with E-state index >= 15 is 0 Å². The summed E-state index contributed by atoms with van der Waals surface area (Å²) in [6.45, 7) is 0.380. The van der Waals surface area contributed by atoms with E-state index in [1.165, 1.54) is 18.3 Å². The molecule has 188 valence electrons. The van der Waals surface area contributed by atoms with Gasteiger partial charge in [0, 0.05) is 23.5 Å². The number of rotatable bonds is 6. The highest BCUT2D eigenvalue weighted by atomic mass is 35.5. The van der Waals surface area contributed by atoms with Gasteiger partial charge in [-0.1, -0.05) is 30.3 Å². The molecule has 0 atom stereocenters. The van der Waals surface area contributed by atoms with Crippen LogP contribution in [-0.4, -0.2) is 41.6 Å². The topological polar surface area (TPSA) is 121 Å². The maximum atomic E-state index is 13.3. The fraction of sp³-hybridized carbons (Fsp3) is 0.115. The average Bonchev–Trinajstić information content (AvgIpc) is 3.53. The van der Waals surface area contributed by atoms with Crippen LogP contribution < -0.4 is 15.9 Å². The van der Waals surface area contributed by atoms with Gasteiger partial charge in [-0.2, -0.15) is 3.97 Å². The minimum absolute atomic E-state index is 0.0411. The number of nitrogens with zero attached hydrogens (tertiary/aromatic N) is 2. The van der Waals surface area contributed by atoms with E-state index in [1.54, 1.807) is 59.5 Å². The molecule has 2 heterocycles. The summed E-state index contributed by atoms with van der Waals surface area (Å²) < 4.78 is 27.3. The largest absolute Gasteiger partial charge is 0.340 e. The van der Waals surface area contributed by atoms with Crippen LogP contribution in [0.2, 0.25) is 0 Å². The lowest BCUT2D eigenvalue weighted by Gasteiger charge is -2.18. The van der Waals surface area contributed by atoms with E-state index in [-0.39, 0.29) is 22.6 Å². The third-order valence-corrected chi connectivity index (χ3v) is 7.94. The van der Waals surface area contributed by atoms with Gasteiger partial charge >= 0.3 is 5.69 Å². The van der Waals surface area contributed by atoms with Crippen molar-refractivity contribution < 1.29 is 18.0 Å². The molecule has 1 aromatic heterocycles. The molecule has 0 bridgehead atoms. The summed E-state index contributed by atoms with van der Waals surface area (Å²) in [6.07, 6.45) is 1.74. The number of H-pyrrole nitrogens is 1. The molecule has 0 spiro atoms. The predicted molar refractivity (Wildman–Crippen MR) is 141 cm³/mol. The van der Waals surface area contributed by atoms with Gasteiger partial charge in [-0.15, -0.1) is 11.6 Å². The molecule has 0 saturated carbocycles. The second kappa shape index (κ2) is 9.72. The summed E-state index contributed by atoms with van der Waals surface area (Å²) in [5.41, 5.74) is 2.55. The Morgan fingerprint density at radius 1 is 1.00 bits per heavy atom. The van der Waals surface area contributed by atoms with E-state index in [4.69, 9.17) is 11.6 Å². The number of anilines is 2. The Labute approximate surface area is 217 Å². The van der Waals surface area contributed by atoms with E-state index in [0.717, 1.165) is 0 Å². The van der Waals surface area contributed by atoms with Crippen molar-refractivity contribution in [1.29, 1.82) is 0 Å². The molecule has 9 nitrogen and oxygen atoms in total. The van der Waals surface area contributed by atoms with Crippen molar-refractivity contribution in [3.63, 3.8) is 0 Å². The molecule has 0 unspecified atom stereocenters. The zero-order valence-corrected chi connectivity index (χ0v) is 20.9. The first-order chi connectivity index (χ1) is 17.8. The van der Waals surface area contributed by atoms with Crippen molar-refractivity contribution in [2.75, 3.05) is 22.6 Å². The molecule has 37 heavy (non-hydrogen) atoms.